The molecule has 9 nitrogen and oxygen atoms in total. The van der Waals surface area contributed by atoms with Gasteiger partial charge in [0.2, 0.25) is 0 Å². The van der Waals surface area contributed by atoms with E-state index in [1.165, 1.54) is 148 Å². The average Bonchev–Trinajstić information content (AvgIpc) is 3.58. The molecule has 2 atom stereocenters. The van der Waals surface area contributed by atoms with Gasteiger partial charge in [-0.2, -0.15) is 0 Å². The summed E-state index contributed by atoms with van der Waals surface area (Å²) < 4.78 is 33.2. The van der Waals surface area contributed by atoms with Crippen molar-refractivity contribution in [3.05, 3.63) is 146 Å². The predicted molar refractivity (Wildman–Crippen MR) is 385 cm³/mol. The van der Waals surface area contributed by atoms with Crippen LogP contribution in [0.5, 0.6) is 0 Å². The Morgan fingerprint density at radius 1 is 0.337 bits per heavy atom. The fourth-order valence-electron chi connectivity index (χ4n) is 9.94. The van der Waals surface area contributed by atoms with Crippen LogP contribution >= 0.6 is 7.82 Å². The zero-order chi connectivity index (χ0) is 64.4. The molecule has 0 bridgehead atoms. The zero-order valence-corrected chi connectivity index (χ0v) is 58.0. The van der Waals surface area contributed by atoms with E-state index in [1.807, 2.05) is 0 Å². The van der Waals surface area contributed by atoms with Crippen LogP contribution in [0.2, 0.25) is 0 Å². The van der Waals surface area contributed by atoms with Crippen LogP contribution in [-0.4, -0.2) is 49.3 Å². The molecule has 0 aliphatic rings. The lowest BCUT2D eigenvalue weighted by Crippen LogP contribution is -2.29. The van der Waals surface area contributed by atoms with Crippen LogP contribution in [0.25, 0.3) is 0 Å². The van der Waals surface area contributed by atoms with Crippen molar-refractivity contribution >= 4 is 19.8 Å². The summed E-state index contributed by atoms with van der Waals surface area (Å²) >= 11 is 0. The highest BCUT2D eigenvalue weighted by Gasteiger charge is 2.26. The van der Waals surface area contributed by atoms with Crippen LogP contribution in [0.3, 0.4) is 0 Å². The summed E-state index contributed by atoms with van der Waals surface area (Å²) in [6.45, 7) is 3.52. The quantitative estimate of drug-likeness (QED) is 0.0264. The molecule has 0 rings (SSSR count). The van der Waals surface area contributed by atoms with Gasteiger partial charge in [-0.1, -0.05) is 327 Å². The number of unbranched alkanes of at least 4 members (excludes halogenated alkanes) is 30. The molecule has 0 radical (unpaired) electrons. The van der Waals surface area contributed by atoms with Crippen LogP contribution in [0, 0.1) is 0 Å². The van der Waals surface area contributed by atoms with E-state index in [9.17, 15) is 19.0 Å². The van der Waals surface area contributed by atoms with E-state index in [0.717, 1.165) is 128 Å². The molecule has 0 fully saturated rings. The van der Waals surface area contributed by atoms with Gasteiger partial charge in [0.15, 0.2) is 6.10 Å². The molecule has 0 aromatic heterocycles. The Balaban J connectivity index is 3.86. The number of hydrogen-bond acceptors (Lipinski definition) is 8. The van der Waals surface area contributed by atoms with Crippen molar-refractivity contribution in [1.29, 1.82) is 0 Å². The summed E-state index contributed by atoms with van der Waals surface area (Å²) in [5, 5.41) is 0. The van der Waals surface area contributed by atoms with Gasteiger partial charge < -0.3 is 20.1 Å². The van der Waals surface area contributed by atoms with Crippen LogP contribution in [0.4, 0.5) is 0 Å². The Labute approximate surface area is 547 Å². The third-order valence-corrected chi connectivity index (χ3v) is 16.2. The second-order valence-electron chi connectivity index (χ2n) is 23.7. The standard InChI is InChI=1S/C79H134NO8P/c1-3-5-7-9-11-13-15-17-19-21-23-25-27-29-31-32-33-34-35-36-37-38-39-40-41-42-43-44-46-48-50-52-54-56-58-60-62-64-66-68-70-72-79(82)88-77(76-87-89(83,84)86-74-73-80)75-85-78(81)71-69-67-65-63-61-59-57-55-53-51-49-47-45-30-28-26-24-22-20-18-16-14-12-10-8-6-4-2/h5-8,11-14,17-20,23-26,29-31,33-34,45,49,51,77H,3-4,9-10,15-16,21-22,27-28,32,35-44,46-48,50,52-76,80H2,1-2H3,(H,83,84)/b7-5-,8-6-,13-11-,14-12-,19-17-,20-18-,25-23-,26-24-,31-29-,34-33-,45-30-,51-49-. The van der Waals surface area contributed by atoms with E-state index >= 15 is 0 Å². The van der Waals surface area contributed by atoms with Crippen molar-refractivity contribution < 1.29 is 37.6 Å². The SMILES string of the molecule is CC/C=C\C/C=C\C/C=C\C/C=C\C/C=C\C/C=C\CCCCCCCCCCCCCCCCCCCCCCCCC(=O)OC(COC(=O)CCCCCCCCCC/C=C\C/C=C\C/C=C\C/C=C\C/C=C\C/C=C\CC)COP(=O)(O)OCCN. The molecule has 0 aliphatic carbocycles. The highest BCUT2D eigenvalue weighted by Crippen LogP contribution is 2.43. The van der Waals surface area contributed by atoms with Gasteiger partial charge in [0.05, 0.1) is 13.2 Å². The van der Waals surface area contributed by atoms with E-state index in [-0.39, 0.29) is 38.6 Å². The average molecular weight is 1260 g/mol. The number of phosphoric ester groups is 1. The number of allylic oxidation sites excluding steroid dienone is 24. The second kappa shape index (κ2) is 72.9. The van der Waals surface area contributed by atoms with Crippen LogP contribution < -0.4 is 5.73 Å². The highest BCUT2D eigenvalue weighted by molar-refractivity contribution is 7.47. The van der Waals surface area contributed by atoms with Crippen LogP contribution in [0.1, 0.15) is 309 Å². The maximum Gasteiger partial charge on any atom is 0.472 e. The molecular weight excluding hydrogens is 1120 g/mol. The van der Waals surface area contributed by atoms with Crippen LogP contribution in [-0.2, 0) is 32.7 Å². The Hall–Kier alpha value is -4.11. The second-order valence-corrected chi connectivity index (χ2v) is 25.1. The molecule has 0 saturated heterocycles. The summed E-state index contributed by atoms with van der Waals surface area (Å²) in [5.74, 6) is -0.834. The van der Waals surface area contributed by atoms with Gasteiger partial charge in [-0.15, -0.1) is 0 Å². The molecule has 10 heteroatoms. The van der Waals surface area contributed by atoms with Gasteiger partial charge >= 0.3 is 19.8 Å². The Morgan fingerprint density at radius 3 is 0.865 bits per heavy atom. The molecule has 0 amide bonds. The molecule has 0 aromatic carbocycles. The summed E-state index contributed by atoms with van der Waals surface area (Å²) in [7, 11) is -4.40. The first kappa shape index (κ1) is 84.9. The smallest absolute Gasteiger partial charge is 0.462 e. The predicted octanol–water partition coefficient (Wildman–Crippen LogP) is 24.2. The van der Waals surface area contributed by atoms with Crippen LogP contribution in [0.15, 0.2) is 146 Å². The van der Waals surface area contributed by atoms with E-state index in [2.05, 4.69) is 160 Å². The fraction of sp³-hybridized carbons (Fsp3) is 0.671. The summed E-state index contributed by atoms with van der Waals surface area (Å²) in [4.78, 5) is 35.4. The third kappa shape index (κ3) is 72.8. The van der Waals surface area contributed by atoms with Crippen molar-refractivity contribution in [2.75, 3.05) is 26.4 Å². The Bertz CT molecular complexity index is 1970. The van der Waals surface area contributed by atoms with Crippen molar-refractivity contribution in [3.63, 3.8) is 0 Å². The lowest BCUT2D eigenvalue weighted by molar-refractivity contribution is -0.161. The van der Waals surface area contributed by atoms with Gasteiger partial charge in [-0.05, 0) is 116 Å². The minimum absolute atomic E-state index is 0.0475. The van der Waals surface area contributed by atoms with Crippen molar-refractivity contribution in [2.24, 2.45) is 5.73 Å². The van der Waals surface area contributed by atoms with Crippen molar-refractivity contribution in [1.82, 2.24) is 0 Å². The van der Waals surface area contributed by atoms with E-state index in [0.29, 0.717) is 6.42 Å². The molecule has 0 aliphatic heterocycles. The Kier molecular flexibility index (Phi) is 69.6. The monoisotopic (exact) mass is 1260 g/mol. The number of rotatable bonds is 67. The topological polar surface area (TPSA) is 134 Å². The van der Waals surface area contributed by atoms with Gasteiger partial charge in [0.1, 0.15) is 6.61 Å². The van der Waals surface area contributed by atoms with Gasteiger partial charge in [-0.3, -0.25) is 18.6 Å². The summed E-state index contributed by atoms with van der Waals surface area (Å²) in [6.07, 6.45) is 105. The van der Waals surface area contributed by atoms with Gasteiger partial charge in [0, 0.05) is 19.4 Å². The summed E-state index contributed by atoms with van der Waals surface area (Å²) in [6, 6.07) is 0. The van der Waals surface area contributed by atoms with Gasteiger partial charge in [-0.25, -0.2) is 4.57 Å². The normalized spacial score (nSPS) is 13.8. The third-order valence-electron chi connectivity index (χ3n) is 15.2. The molecule has 508 valence electrons. The minimum atomic E-state index is -4.40. The number of phosphoric acid groups is 1. The van der Waals surface area contributed by atoms with E-state index in [4.69, 9.17) is 24.3 Å². The first-order valence-corrected chi connectivity index (χ1v) is 37.8. The molecular formula is C79H134NO8P. The number of carbonyl (C=O) groups is 2. The number of carbonyl (C=O) groups excluding carboxylic acids is 2. The van der Waals surface area contributed by atoms with E-state index in [1.54, 1.807) is 0 Å². The van der Waals surface area contributed by atoms with Crippen molar-refractivity contribution in [2.45, 2.75) is 315 Å². The molecule has 0 aromatic rings. The van der Waals surface area contributed by atoms with Crippen molar-refractivity contribution in [3.8, 4) is 0 Å². The molecule has 2 unspecified atom stereocenters. The summed E-state index contributed by atoms with van der Waals surface area (Å²) in [5.41, 5.74) is 5.40. The number of ether oxygens (including phenoxy) is 2. The highest BCUT2D eigenvalue weighted by atomic mass is 31.2. The van der Waals surface area contributed by atoms with E-state index < -0.39 is 26.5 Å². The fourth-order valence-corrected chi connectivity index (χ4v) is 10.7. The largest absolute Gasteiger partial charge is 0.472 e. The molecule has 0 spiro atoms. The number of hydrogen-bond donors (Lipinski definition) is 2. The first-order valence-electron chi connectivity index (χ1n) is 36.3. The van der Waals surface area contributed by atoms with Gasteiger partial charge in [0.25, 0.3) is 0 Å². The molecule has 0 heterocycles. The maximum atomic E-state index is 12.8. The molecule has 3 N–H and O–H groups in total. The Morgan fingerprint density at radius 2 is 0.584 bits per heavy atom. The number of nitrogens with two attached hydrogens (primary N) is 1. The minimum Gasteiger partial charge on any atom is -0.462 e. The lowest BCUT2D eigenvalue weighted by Gasteiger charge is -2.19. The maximum absolute atomic E-state index is 12.8. The first-order chi connectivity index (χ1) is 43.8. The number of esters is 2. The molecule has 89 heavy (non-hydrogen) atoms. The zero-order valence-electron chi connectivity index (χ0n) is 57.1. The molecule has 0 saturated carbocycles. The lowest BCUT2D eigenvalue weighted by atomic mass is 10.0.